The Labute approximate surface area is 149 Å². The van der Waals surface area contributed by atoms with Crippen LogP contribution in [0.15, 0.2) is 24.4 Å². The molecule has 0 spiro atoms. The van der Waals surface area contributed by atoms with Gasteiger partial charge in [-0.2, -0.15) is 0 Å². The third-order valence-corrected chi connectivity index (χ3v) is 5.78. The summed E-state index contributed by atoms with van der Waals surface area (Å²) in [6.45, 7) is 6.94. The number of carbonyl (C=O) groups excluding carboxylic acids is 1. The summed E-state index contributed by atoms with van der Waals surface area (Å²) in [5, 5.41) is 0. The molecule has 3 aliphatic rings. The normalized spacial score (nSPS) is 29.3. The van der Waals surface area contributed by atoms with E-state index in [1.54, 1.807) is 0 Å². The maximum Gasteiger partial charge on any atom is 0.248 e. The molecule has 3 fully saturated rings. The Morgan fingerprint density at radius 3 is 3.04 bits per heavy atom. The van der Waals surface area contributed by atoms with Gasteiger partial charge in [-0.05, 0) is 25.0 Å². The van der Waals surface area contributed by atoms with Crippen molar-refractivity contribution in [2.75, 3.05) is 52.6 Å². The Morgan fingerprint density at radius 2 is 2.24 bits per heavy atom. The standard InChI is InChI=1S/C19H27N3O3/c23-18(22-7-3-4-8-22)12-25-15-19-13-21(9-16(19)11-24-14-19)10-17-5-1-2-6-20-17/h1-2,5-6,16H,3-4,7-15H2/t16-,19+/m0/s1. The van der Waals surface area contributed by atoms with E-state index in [9.17, 15) is 4.79 Å². The molecule has 6 heteroatoms. The summed E-state index contributed by atoms with van der Waals surface area (Å²) in [5.74, 6) is 0.616. The Balaban J connectivity index is 1.31. The highest BCUT2D eigenvalue weighted by atomic mass is 16.5. The van der Waals surface area contributed by atoms with Crippen LogP contribution >= 0.6 is 0 Å². The highest BCUT2D eigenvalue weighted by Crippen LogP contribution is 2.41. The smallest absolute Gasteiger partial charge is 0.248 e. The zero-order valence-corrected chi connectivity index (χ0v) is 14.7. The van der Waals surface area contributed by atoms with Crippen molar-refractivity contribution in [3.63, 3.8) is 0 Å². The van der Waals surface area contributed by atoms with Gasteiger partial charge < -0.3 is 14.4 Å². The molecule has 4 rings (SSSR count). The molecule has 6 nitrogen and oxygen atoms in total. The molecule has 1 aromatic heterocycles. The lowest BCUT2D eigenvalue weighted by atomic mass is 9.82. The number of hydrogen-bond donors (Lipinski definition) is 0. The van der Waals surface area contributed by atoms with E-state index in [0.717, 1.165) is 64.5 Å². The van der Waals surface area contributed by atoms with E-state index >= 15 is 0 Å². The summed E-state index contributed by atoms with van der Waals surface area (Å²) in [6.07, 6.45) is 4.08. The van der Waals surface area contributed by atoms with Gasteiger partial charge in [0.25, 0.3) is 0 Å². The van der Waals surface area contributed by atoms with E-state index in [4.69, 9.17) is 9.47 Å². The highest BCUT2D eigenvalue weighted by molar-refractivity contribution is 5.77. The first-order valence-electron chi connectivity index (χ1n) is 9.31. The molecule has 3 aliphatic heterocycles. The van der Waals surface area contributed by atoms with E-state index in [1.165, 1.54) is 0 Å². The van der Waals surface area contributed by atoms with Crippen LogP contribution in [0.1, 0.15) is 18.5 Å². The summed E-state index contributed by atoms with van der Waals surface area (Å²) < 4.78 is 11.6. The molecule has 2 atom stereocenters. The Hall–Kier alpha value is -1.50. The van der Waals surface area contributed by atoms with Gasteiger partial charge in [-0.3, -0.25) is 14.7 Å². The molecule has 0 N–H and O–H groups in total. The number of fused-ring (bicyclic) bond motifs is 1. The molecular formula is C19H27N3O3. The number of rotatable bonds is 6. The molecule has 1 amide bonds. The average Bonchev–Trinajstić information content (AvgIpc) is 3.31. The van der Waals surface area contributed by atoms with Gasteiger partial charge in [-0.1, -0.05) is 6.07 Å². The van der Waals surface area contributed by atoms with Crippen molar-refractivity contribution in [2.24, 2.45) is 11.3 Å². The maximum absolute atomic E-state index is 12.2. The minimum Gasteiger partial charge on any atom is -0.380 e. The number of aromatic nitrogens is 1. The van der Waals surface area contributed by atoms with Gasteiger partial charge in [0.2, 0.25) is 5.91 Å². The largest absolute Gasteiger partial charge is 0.380 e. The SMILES string of the molecule is O=C(COC[C@@]12COC[C@@H]1CN(Cc1ccccn1)C2)N1CCCC1. The second-order valence-electron chi connectivity index (χ2n) is 7.65. The number of carbonyl (C=O) groups is 1. The number of ether oxygens (including phenoxy) is 2. The van der Waals surface area contributed by atoms with Crippen molar-refractivity contribution >= 4 is 5.91 Å². The van der Waals surface area contributed by atoms with Gasteiger partial charge in [-0.15, -0.1) is 0 Å². The minimum atomic E-state index is 0.0278. The molecular weight excluding hydrogens is 318 g/mol. The number of nitrogens with zero attached hydrogens (tertiary/aromatic N) is 3. The van der Waals surface area contributed by atoms with Crippen molar-refractivity contribution in [3.05, 3.63) is 30.1 Å². The zero-order chi connectivity index (χ0) is 17.1. The monoisotopic (exact) mass is 345 g/mol. The fraction of sp³-hybridized carbons (Fsp3) is 0.684. The molecule has 0 bridgehead atoms. The van der Waals surface area contributed by atoms with Crippen LogP contribution in [0.2, 0.25) is 0 Å². The van der Waals surface area contributed by atoms with E-state index < -0.39 is 0 Å². The number of pyridine rings is 1. The average molecular weight is 345 g/mol. The summed E-state index contributed by atoms with van der Waals surface area (Å²) >= 11 is 0. The van der Waals surface area contributed by atoms with Crippen LogP contribution in [0.5, 0.6) is 0 Å². The van der Waals surface area contributed by atoms with Crippen molar-refractivity contribution in [3.8, 4) is 0 Å². The Bertz CT molecular complexity index is 591. The molecule has 0 unspecified atom stereocenters. The molecule has 0 aromatic carbocycles. The van der Waals surface area contributed by atoms with E-state index in [0.29, 0.717) is 12.5 Å². The second-order valence-corrected chi connectivity index (χ2v) is 7.65. The van der Waals surface area contributed by atoms with Gasteiger partial charge in [0.1, 0.15) is 6.61 Å². The molecule has 25 heavy (non-hydrogen) atoms. The lowest BCUT2D eigenvalue weighted by Gasteiger charge is -2.27. The molecule has 136 valence electrons. The van der Waals surface area contributed by atoms with Crippen LogP contribution in [-0.2, 0) is 20.8 Å². The van der Waals surface area contributed by atoms with Crippen LogP contribution in [0, 0.1) is 11.3 Å². The first-order valence-corrected chi connectivity index (χ1v) is 9.31. The van der Waals surface area contributed by atoms with Crippen molar-refractivity contribution in [1.82, 2.24) is 14.8 Å². The van der Waals surface area contributed by atoms with Crippen molar-refractivity contribution < 1.29 is 14.3 Å². The highest BCUT2D eigenvalue weighted by Gasteiger charge is 2.50. The fourth-order valence-corrected chi connectivity index (χ4v) is 4.39. The lowest BCUT2D eigenvalue weighted by molar-refractivity contribution is -0.136. The van der Waals surface area contributed by atoms with Gasteiger partial charge in [0.05, 0.1) is 25.5 Å². The zero-order valence-electron chi connectivity index (χ0n) is 14.7. The first kappa shape index (κ1) is 16.9. The van der Waals surface area contributed by atoms with Crippen LogP contribution in [-0.4, -0.2) is 73.3 Å². The summed E-state index contributed by atoms with van der Waals surface area (Å²) in [4.78, 5) is 21.0. The topological polar surface area (TPSA) is 54.9 Å². The number of likely N-dealkylation sites (tertiary alicyclic amines) is 2. The third kappa shape index (κ3) is 3.71. The molecule has 0 aliphatic carbocycles. The van der Waals surface area contributed by atoms with E-state index in [-0.39, 0.29) is 17.9 Å². The lowest BCUT2D eigenvalue weighted by Crippen LogP contribution is -2.38. The molecule has 0 saturated carbocycles. The van der Waals surface area contributed by atoms with Crippen LogP contribution in [0.25, 0.3) is 0 Å². The van der Waals surface area contributed by atoms with E-state index in [2.05, 4.69) is 16.0 Å². The molecule has 0 radical (unpaired) electrons. The predicted octanol–water partition coefficient (Wildman–Crippen LogP) is 1.17. The van der Waals surface area contributed by atoms with Crippen LogP contribution < -0.4 is 0 Å². The Kier molecular flexibility index (Phi) is 5.01. The van der Waals surface area contributed by atoms with Gasteiger partial charge in [0.15, 0.2) is 0 Å². The second kappa shape index (κ2) is 7.40. The minimum absolute atomic E-state index is 0.0278. The molecule has 4 heterocycles. The maximum atomic E-state index is 12.2. The van der Waals surface area contributed by atoms with Crippen molar-refractivity contribution in [2.45, 2.75) is 19.4 Å². The first-order chi connectivity index (χ1) is 12.3. The Morgan fingerprint density at radius 1 is 1.36 bits per heavy atom. The summed E-state index contributed by atoms with van der Waals surface area (Å²) in [5.41, 5.74) is 1.13. The number of hydrogen-bond acceptors (Lipinski definition) is 5. The fourth-order valence-electron chi connectivity index (χ4n) is 4.39. The van der Waals surface area contributed by atoms with Crippen LogP contribution in [0.3, 0.4) is 0 Å². The molecule has 1 aromatic rings. The van der Waals surface area contributed by atoms with Crippen LogP contribution in [0.4, 0.5) is 0 Å². The summed E-state index contributed by atoms with van der Waals surface area (Å²) in [6, 6.07) is 6.05. The van der Waals surface area contributed by atoms with Crippen molar-refractivity contribution in [1.29, 1.82) is 0 Å². The quantitative estimate of drug-likeness (QED) is 0.775. The van der Waals surface area contributed by atoms with Gasteiger partial charge in [0, 0.05) is 50.3 Å². The van der Waals surface area contributed by atoms with E-state index in [1.807, 2.05) is 23.2 Å². The van der Waals surface area contributed by atoms with Gasteiger partial charge >= 0.3 is 0 Å². The molecule has 3 saturated heterocycles. The predicted molar refractivity (Wildman–Crippen MR) is 92.9 cm³/mol. The number of amides is 1. The van der Waals surface area contributed by atoms with Gasteiger partial charge in [-0.25, -0.2) is 0 Å². The summed E-state index contributed by atoms with van der Waals surface area (Å²) in [7, 11) is 0. The third-order valence-electron chi connectivity index (χ3n) is 5.78.